The first-order valence-electron chi connectivity index (χ1n) is 5.21. The highest BCUT2D eigenvalue weighted by molar-refractivity contribution is 7.91. The molecule has 5 heteroatoms. The van der Waals surface area contributed by atoms with E-state index in [1.54, 1.807) is 0 Å². The first kappa shape index (κ1) is 10.4. The van der Waals surface area contributed by atoms with Gasteiger partial charge < -0.3 is 5.32 Å². The van der Waals surface area contributed by atoms with Crippen LogP contribution in [0.2, 0.25) is 0 Å². The fourth-order valence-corrected chi connectivity index (χ4v) is 3.61. The van der Waals surface area contributed by atoms with Gasteiger partial charge >= 0.3 is 0 Å². The Morgan fingerprint density at radius 3 is 2.14 bits per heavy atom. The quantitative estimate of drug-likeness (QED) is 0.677. The number of nitrogens with one attached hydrogen (secondary N) is 1. The Morgan fingerprint density at radius 1 is 1.14 bits per heavy atom. The van der Waals surface area contributed by atoms with Gasteiger partial charge in [0.2, 0.25) is 0 Å². The van der Waals surface area contributed by atoms with Gasteiger partial charge in [0, 0.05) is 25.2 Å². The minimum absolute atomic E-state index is 0.377. The van der Waals surface area contributed by atoms with Crippen LogP contribution in [0.1, 0.15) is 12.8 Å². The summed E-state index contributed by atoms with van der Waals surface area (Å²) in [7, 11) is -0.587. The molecule has 14 heavy (non-hydrogen) atoms. The Bertz CT molecular complexity index is 284. The second kappa shape index (κ2) is 3.79. The van der Waals surface area contributed by atoms with Crippen LogP contribution in [-0.2, 0) is 9.84 Å². The number of sulfone groups is 1. The molecule has 1 N–H and O–H groups in total. The van der Waals surface area contributed by atoms with Gasteiger partial charge in [0.1, 0.15) is 9.84 Å². The number of hydrogen-bond donors (Lipinski definition) is 1. The second-order valence-corrected chi connectivity index (χ2v) is 6.66. The maximum atomic E-state index is 11.2. The smallest absolute Gasteiger partial charge is 0.150 e. The Labute approximate surface area is 85.6 Å². The van der Waals surface area contributed by atoms with E-state index in [0.29, 0.717) is 23.6 Å². The first-order valence-corrected chi connectivity index (χ1v) is 7.04. The van der Waals surface area contributed by atoms with E-state index in [0.717, 1.165) is 25.9 Å². The van der Waals surface area contributed by atoms with Crippen LogP contribution in [0.15, 0.2) is 0 Å². The molecule has 0 aliphatic carbocycles. The van der Waals surface area contributed by atoms with E-state index >= 15 is 0 Å². The second-order valence-electron chi connectivity index (χ2n) is 4.36. The zero-order valence-electron chi connectivity index (χ0n) is 8.57. The molecule has 0 unspecified atom stereocenters. The monoisotopic (exact) mass is 218 g/mol. The van der Waals surface area contributed by atoms with Crippen molar-refractivity contribution in [2.75, 3.05) is 31.6 Å². The molecule has 2 aliphatic rings. The molecular weight excluding hydrogens is 200 g/mol. The average molecular weight is 218 g/mol. The summed E-state index contributed by atoms with van der Waals surface area (Å²) in [4.78, 5) is 2.35. The Kier molecular flexibility index (Phi) is 2.81. The lowest BCUT2D eigenvalue weighted by atomic mass is 10.0. The lowest BCUT2D eigenvalue weighted by Gasteiger charge is -2.41. The van der Waals surface area contributed by atoms with Gasteiger partial charge in [0.15, 0.2) is 0 Å². The van der Waals surface area contributed by atoms with E-state index in [2.05, 4.69) is 17.3 Å². The summed E-state index contributed by atoms with van der Waals surface area (Å²) >= 11 is 0. The van der Waals surface area contributed by atoms with Gasteiger partial charge in [-0.1, -0.05) is 0 Å². The highest BCUT2D eigenvalue weighted by Crippen LogP contribution is 2.19. The van der Waals surface area contributed by atoms with Gasteiger partial charge in [-0.05, 0) is 19.9 Å². The van der Waals surface area contributed by atoms with Gasteiger partial charge in [0.25, 0.3) is 0 Å². The minimum Gasteiger partial charge on any atom is -0.314 e. The average Bonchev–Trinajstić information content (AvgIpc) is 2.00. The summed E-state index contributed by atoms with van der Waals surface area (Å²) in [5.41, 5.74) is 0. The van der Waals surface area contributed by atoms with Crippen molar-refractivity contribution in [2.24, 2.45) is 0 Å². The summed E-state index contributed by atoms with van der Waals surface area (Å²) in [5, 5.41) is 3.24. The SMILES string of the molecule is CN(C1CCS(=O)(=O)CC1)C1CNC1. The van der Waals surface area contributed by atoms with Crippen molar-refractivity contribution < 1.29 is 8.42 Å². The highest BCUT2D eigenvalue weighted by atomic mass is 32.2. The molecule has 0 aromatic heterocycles. The topological polar surface area (TPSA) is 49.4 Å². The molecule has 4 nitrogen and oxygen atoms in total. The van der Waals surface area contributed by atoms with Crippen molar-refractivity contribution in [2.45, 2.75) is 24.9 Å². The molecule has 2 fully saturated rings. The predicted octanol–water partition coefficient (Wildman–Crippen LogP) is -0.533. The minimum atomic E-state index is -2.71. The van der Waals surface area contributed by atoms with Gasteiger partial charge in [-0.25, -0.2) is 8.42 Å². The van der Waals surface area contributed by atoms with Crippen molar-refractivity contribution >= 4 is 9.84 Å². The van der Waals surface area contributed by atoms with E-state index in [1.807, 2.05) is 0 Å². The van der Waals surface area contributed by atoms with Gasteiger partial charge in [-0.15, -0.1) is 0 Å². The molecule has 0 atom stereocenters. The summed E-state index contributed by atoms with van der Waals surface area (Å²) < 4.78 is 22.5. The van der Waals surface area contributed by atoms with Crippen LogP contribution >= 0.6 is 0 Å². The fraction of sp³-hybridized carbons (Fsp3) is 1.00. The molecule has 0 spiro atoms. The van der Waals surface area contributed by atoms with E-state index in [-0.39, 0.29) is 0 Å². The maximum absolute atomic E-state index is 11.2. The molecule has 2 aliphatic heterocycles. The normalized spacial score (nSPS) is 29.0. The Morgan fingerprint density at radius 2 is 1.71 bits per heavy atom. The highest BCUT2D eigenvalue weighted by Gasteiger charge is 2.31. The summed E-state index contributed by atoms with van der Waals surface area (Å²) in [6.45, 7) is 2.11. The molecule has 2 heterocycles. The van der Waals surface area contributed by atoms with E-state index < -0.39 is 9.84 Å². The van der Waals surface area contributed by atoms with E-state index in [1.165, 1.54) is 0 Å². The lowest BCUT2D eigenvalue weighted by Crippen LogP contribution is -2.59. The summed E-state index contributed by atoms with van der Waals surface area (Å²) in [5.74, 6) is 0.754. The van der Waals surface area contributed by atoms with Crippen LogP contribution in [0.25, 0.3) is 0 Å². The lowest BCUT2D eigenvalue weighted by molar-refractivity contribution is 0.120. The number of likely N-dealkylation sites (N-methyl/N-ethyl adjacent to an activating group) is 1. The van der Waals surface area contributed by atoms with Crippen molar-refractivity contribution in [3.8, 4) is 0 Å². The molecule has 0 saturated carbocycles. The summed E-state index contributed by atoms with van der Waals surface area (Å²) in [6.07, 6.45) is 1.63. The predicted molar refractivity (Wildman–Crippen MR) is 56.1 cm³/mol. The first-order chi connectivity index (χ1) is 6.58. The zero-order chi connectivity index (χ0) is 10.2. The Balaban J connectivity index is 1.88. The molecular formula is C9H18N2O2S. The van der Waals surface area contributed by atoms with Crippen molar-refractivity contribution in [3.63, 3.8) is 0 Å². The largest absolute Gasteiger partial charge is 0.314 e. The maximum Gasteiger partial charge on any atom is 0.150 e. The van der Waals surface area contributed by atoms with Crippen LogP contribution in [0.5, 0.6) is 0 Å². The van der Waals surface area contributed by atoms with Gasteiger partial charge in [0.05, 0.1) is 11.5 Å². The number of nitrogens with zero attached hydrogens (tertiary/aromatic N) is 1. The third-order valence-corrected chi connectivity index (χ3v) is 5.15. The van der Waals surface area contributed by atoms with Crippen LogP contribution < -0.4 is 5.32 Å². The zero-order valence-corrected chi connectivity index (χ0v) is 9.39. The van der Waals surface area contributed by atoms with E-state index in [9.17, 15) is 8.42 Å². The third kappa shape index (κ3) is 2.10. The molecule has 0 aromatic rings. The number of hydrogen-bond acceptors (Lipinski definition) is 4. The molecule has 0 amide bonds. The van der Waals surface area contributed by atoms with Crippen LogP contribution in [0.4, 0.5) is 0 Å². The molecule has 2 saturated heterocycles. The van der Waals surface area contributed by atoms with Crippen LogP contribution in [0.3, 0.4) is 0 Å². The molecule has 0 bridgehead atoms. The molecule has 82 valence electrons. The van der Waals surface area contributed by atoms with Crippen LogP contribution in [0, 0.1) is 0 Å². The molecule has 0 radical (unpaired) electrons. The molecule has 2 rings (SSSR count). The molecule has 0 aromatic carbocycles. The Hall–Kier alpha value is -0.130. The van der Waals surface area contributed by atoms with Gasteiger partial charge in [-0.3, -0.25) is 4.90 Å². The van der Waals surface area contributed by atoms with E-state index in [4.69, 9.17) is 0 Å². The number of rotatable bonds is 2. The van der Waals surface area contributed by atoms with Crippen LogP contribution in [-0.4, -0.2) is 57.0 Å². The van der Waals surface area contributed by atoms with Crippen molar-refractivity contribution in [1.82, 2.24) is 10.2 Å². The standard InChI is InChI=1S/C9H18N2O2S/c1-11(9-6-10-7-9)8-2-4-14(12,13)5-3-8/h8-10H,2-7H2,1H3. The van der Waals surface area contributed by atoms with Crippen molar-refractivity contribution in [3.05, 3.63) is 0 Å². The fourth-order valence-electron chi connectivity index (χ4n) is 2.14. The van der Waals surface area contributed by atoms with Gasteiger partial charge in [-0.2, -0.15) is 0 Å². The summed E-state index contributed by atoms with van der Waals surface area (Å²) in [6, 6.07) is 1.10. The third-order valence-electron chi connectivity index (χ3n) is 3.44. The van der Waals surface area contributed by atoms with Crippen molar-refractivity contribution in [1.29, 1.82) is 0 Å².